The SMILES string of the molecule is CCn1c(S[C@H](C)C(=O)N2CC(=O)Nc3ccccc32)nnc1-c1ccccc1. The Morgan fingerprint density at radius 1 is 1.14 bits per heavy atom. The maximum absolute atomic E-state index is 13.2. The molecule has 0 saturated carbocycles. The van der Waals surface area contributed by atoms with Gasteiger partial charge in [0.15, 0.2) is 11.0 Å². The van der Waals surface area contributed by atoms with Crippen molar-refractivity contribution in [3.63, 3.8) is 0 Å². The highest BCUT2D eigenvalue weighted by Crippen LogP contribution is 2.32. The number of amides is 2. The van der Waals surface area contributed by atoms with Gasteiger partial charge in [-0.1, -0.05) is 54.2 Å². The molecule has 148 valence electrons. The molecule has 0 fully saturated rings. The molecule has 2 heterocycles. The number of rotatable bonds is 5. The molecule has 8 heteroatoms. The average molecular weight is 407 g/mol. The number of fused-ring (bicyclic) bond motifs is 1. The number of thioether (sulfide) groups is 1. The maximum Gasteiger partial charge on any atom is 0.244 e. The van der Waals surface area contributed by atoms with Crippen LogP contribution >= 0.6 is 11.8 Å². The minimum Gasteiger partial charge on any atom is -0.323 e. The number of nitrogens with zero attached hydrogens (tertiary/aromatic N) is 4. The van der Waals surface area contributed by atoms with Gasteiger partial charge in [0.05, 0.1) is 16.6 Å². The number of aromatic nitrogens is 3. The molecule has 7 nitrogen and oxygen atoms in total. The van der Waals surface area contributed by atoms with Crippen molar-refractivity contribution in [2.45, 2.75) is 30.8 Å². The van der Waals surface area contributed by atoms with E-state index < -0.39 is 5.25 Å². The van der Waals surface area contributed by atoms with E-state index in [-0.39, 0.29) is 18.4 Å². The molecule has 2 amide bonds. The van der Waals surface area contributed by atoms with Crippen molar-refractivity contribution < 1.29 is 9.59 Å². The highest BCUT2D eigenvalue weighted by Gasteiger charge is 2.31. The number of hydrogen-bond donors (Lipinski definition) is 1. The van der Waals surface area contributed by atoms with Gasteiger partial charge in [-0.25, -0.2) is 0 Å². The quantitative estimate of drug-likeness (QED) is 0.656. The Labute approximate surface area is 173 Å². The van der Waals surface area contributed by atoms with E-state index in [1.807, 2.05) is 66.9 Å². The number of hydrogen-bond acceptors (Lipinski definition) is 5. The van der Waals surface area contributed by atoms with Gasteiger partial charge in [0.1, 0.15) is 6.54 Å². The summed E-state index contributed by atoms with van der Waals surface area (Å²) in [5.41, 5.74) is 2.35. The third kappa shape index (κ3) is 3.75. The fourth-order valence-electron chi connectivity index (χ4n) is 3.32. The van der Waals surface area contributed by atoms with Crippen LogP contribution in [0, 0.1) is 0 Å². The zero-order valence-electron chi connectivity index (χ0n) is 16.2. The summed E-state index contributed by atoms with van der Waals surface area (Å²) in [4.78, 5) is 26.7. The summed E-state index contributed by atoms with van der Waals surface area (Å²) in [5.74, 6) is 0.444. The van der Waals surface area contributed by atoms with Crippen molar-refractivity contribution in [3.05, 3.63) is 54.6 Å². The number of carbonyl (C=O) groups excluding carboxylic acids is 2. The van der Waals surface area contributed by atoms with Gasteiger partial charge in [-0.3, -0.25) is 14.5 Å². The third-order valence-corrected chi connectivity index (χ3v) is 5.80. The molecule has 1 N–H and O–H groups in total. The molecule has 0 saturated heterocycles. The summed E-state index contributed by atoms with van der Waals surface area (Å²) in [5, 5.41) is 11.7. The summed E-state index contributed by atoms with van der Waals surface area (Å²) in [6.07, 6.45) is 0. The van der Waals surface area contributed by atoms with Crippen LogP contribution in [0.2, 0.25) is 0 Å². The smallest absolute Gasteiger partial charge is 0.244 e. The summed E-state index contributed by atoms with van der Waals surface area (Å²) in [6.45, 7) is 4.56. The van der Waals surface area contributed by atoms with Crippen molar-refractivity contribution in [1.82, 2.24) is 14.8 Å². The van der Waals surface area contributed by atoms with Crippen LogP contribution in [-0.2, 0) is 16.1 Å². The van der Waals surface area contributed by atoms with E-state index in [1.165, 1.54) is 16.7 Å². The van der Waals surface area contributed by atoms with E-state index in [0.717, 1.165) is 11.4 Å². The van der Waals surface area contributed by atoms with Gasteiger partial charge in [-0.15, -0.1) is 10.2 Å². The van der Waals surface area contributed by atoms with Gasteiger partial charge in [0.25, 0.3) is 0 Å². The summed E-state index contributed by atoms with van der Waals surface area (Å²) in [7, 11) is 0. The second kappa shape index (κ2) is 8.08. The normalized spacial score (nSPS) is 14.3. The van der Waals surface area contributed by atoms with Gasteiger partial charge in [0.2, 0.25) is 11.8 Å². The first kappa shape index (κ1) is 19.2. The predicted octanol–water partition coefficient (Wildman–Crippen LogP) is 3.43. The molecule has 0 spiro atoms. The van der Waals surface area contributed by atoms with Gasteiger partial charge in [-0.2, -0.15) is 0 Å². The van der Waals surface area contributed by atoms with Gasteiger partial charge in [0, 0.05) is 12.1 Å². The molecule has 0 unspecified atom stereocenters. The molecule has 3 aromatic rings. The molecule has 0 bridgehead atoms. The van der Waals surface area contributed by atoms with Crippen molar-refractivity contribution in [3.8, 4) is 11.4 Å². The number of nitrogens with one attached hydrogen (secondary N) is 1. The van der Waals surface area contributed by atoms with E-state index >= 15 is 0 Å². The first-order valence-corrected chi connectivity index (χ1v) is 10.3. The number of benzene rings is 2. The van der Waals surface area contributed by atoms with E-state index in [9.17, 15) is 9.59 Å². The largest absolute Gasteiger partial charge is 0.323 e. The predicted molar refractivity (Wildman–Crippen MR) is 114 cm³/mol. The third-order valence-electron chi connectivity index (χ3n) is 4.73. The molecule has 0 radical (unpaired) electrons. The summed E-state index contributed by atoms with van der Waals surface area (Å²) < 4.78 is 2.00. The second-order valence-corrected chi connectivity index (χ2v) is 7.97. The lowest BCUT2D eigenvalue weighted by atomic mass is 10.2. The molecule has 1 aliphatic rings. The second-order valence-electron chi connectivity index (χ2n) is 6.67. The Morgan fingerprint density at radius 2 is 1.86 bits per heavy atom. The molecule has 4 rings (SSSR count). The Kier molecular flexibility index (Phi) is 5.35. The lowest BCUT2D eigenvalue weighted by Crippen LogP contribution is -2.45. The van der Waals surface area contributed by atoms with Gasteiger partial charge in [-0.05, 0) is 26.0 Å². The maximum atomic E-state index is 13.2. The van der Waals surface area contributed by atoms with Crippen LogP contribution in [0.1, 0.15) is 13.8 Å². The Hall–Kier alpha value is -3.13. The van der Waals surface area contributed by atoms with Gasteiger partial charge >= 0.3 is 0 Å². The number of carbonyl (C=O) groups is 2. The minimum atomic E-state index is -0.424. The van der Waals surface area contributed by atoms with Gasteiger partial charge < -0.3 is 9.88 Å². The number of para-hydroxylation sites is 2. The van der Waals surface area contributed by atoms with Crippen LogP contribution < -0.4 is 10.2 Å². The van der Waals surface area contributed by atoms with Crippen molar-refractivity contribution in [1.29, 1.82) is 0 Å². The number of anilines is 2. The van der Waals surface area contributed by atoms with E-state index in [1.54, 1.807) is 6.07 Å². The molecule has 0 aliphatic carbocycles. The van der Waals surface area contributed by atoms with Crippen LogP contribution in [0.15, 0.2) is 59.8 Å². The zero-order valence-corrected chi connectivity index (χ0v) is 17.0. The van der Waals surface area contributed by atoms with Crippen LogP contribution in [-0.4, -0.2) is 38.4 Å². The Balaban J connectivity index is 1.57. The fraction of sp³-hybridized carbons (Fsp3) is 0.238. The fourth-order valence-corrected chi connectivity index (χ4v) is 4.29. The Bertz CT molecular complexity index is 1050. The monoisotopic (exact) mass is 407 g/mol. The molecule has 1 aromatic heterocycles. The van der Waals surface area contributed by atoms with Crippen LogP contribution in [0.4, 0.5) is 11.4 Å². The summed E-state index contributed by atoms with van der Waals surface area (Å²) in [6, 6.07) is 17.2. The van der Waals surface area contributed by atoms with Crippen molar-refractivity contribution in [2.24, 2.45) is 0 Å². The highest BCUT2D eigenvalue weighted by atomic mass is 32.2. The van der Waals surface area contributed by atoms with Crippen molar-refractivity contribution >= 4 is 35.0 Å². The molecule has 1 atom stereocenters. The average Bonchev–Trinajstić information content (AvgIpc) is 3.15. The lowest BCUT2D eigenvalue weighted by molar-refractivity contribution is -0.121. The first-order chi connectivity index (χ1) is 14.1. The minimum absolute atomic E-state index is 0.0104. The molecule has 29 heavy (non-hydrogen) atoms. The topological polar surface area (TPSA) is 80.1 Å². The lowest BCUT2D eigenvalue weighted by Gasteiger charge is -2.30. The van der Waals surface area contributed by atoms with Crippen LogP contribution in [0.25, 0.3) is 11.4 Å². The first-order valence-electron chi connectivity index (χ1n) is 9.44. The highest BCUT2D eigenvalue weighted by molar-refractivity contribution is 8.00. The Morgan fingerprint density at radius 3 is 2.62 bits per heavy atom. The van der Waals surface area contributed by atoms with Crippen LogP contribution in [0.5, 0.6) is 0 Å². The summed E-state index contributed by atoms with van der Waals surface area (Å²) >= 11 is 1.35. The van der Waals surface area contributed by atoms with E-state index in [2.05, 4.69) is 15.5 Å². The molecular weight excluding hydrogens is 386 g/mol. The standard InChI is InChI=1S/C21H21N5O2S/c1-3-25-19(15-9-5-4-6-10-15)23-24-21(25)29-14(2)20(28)26-13-18(27)22-16-11-7-8-12-17(16)26/h4-12,14H,3,13H2,1-2H3,(H,22,27)/t14-/m1/s1. The van der Waals surface area contributed by atoms with Crippen molar-refractivity contribution in [2.75, 3.05) is 16.8 Å². The van der Waals surface area contributed by atoms with Crippen LogP contribution in [0.3, 0.4) is 0 Å². The van der Waals surface area contributed by atoms with E-state index in [0.29, 0.717) is 23.1 Å². The molecule has 2 aromatic carbocycles. The van der Waals surface area contributed by atoms with E-state index in [4.69, 9.17) is 0 Å². The zero-order chi connectivity index (χ0) is 20.4. The molecular formula is C21H21N5O2S. The molecule has 1 aliphatic heterocycles.